The molecule has 115 heavy (non-hydrogen) atoms. The highest BCUT2D eigenvalue weighted by molar-refractivity contribution is 6.77. The lowest BCUT2D eigenvalue weighted by atomic mass is 10.1. The van der Waals surface area contributed by atoms with Crippen LogP contribution in [0.25, 0.3) is 61.6 Å². The van der Waals surface area contributed by atoms with E-state index in [1.807, 2.05) is 0 Å². The number of hydrogen-bond acceptors (Lipinski definition) is 27. The van der Waals surface area contributed by atoms with Crippen molar-refractivity contribution in [1.82, 2.24) is 91.0 Å². The molecule has 4 saturated heterocycles. The zero-order chi connectivity index (χ0) is 82.7. The van der Waals surface area contributed by atoms with Crippen molar-refractivity contribution in [3.63, 3.8) is 0 Å². The van der Waals surface area contributed by atoms with E-state index in [2.05, 4.69) is 124 Å². The molecule has 0 saturated carbocycles. The first-order valence-electron chi connectivity index (χ1n) is 39.2. The molecule has 0 aliphatic carbocycles. The number of ether oxygens (including phenoxy) is 11. The average Bonchev–Trinajstić information content (AvgIpc) is 1.65. The van der Waals surface area contributed by atoms with E-state index in [-0.39, 0.29) is 108 Å². The van der Waals surface area contributed by atoms with Gasteiger partial charge in [0.2, 0.25) is 34.8 Å². The van der Waals surface area contributed by atoms with E-state index < -0.39 is 32.3 Å². The fraction of sp³-hybridized carbons (Fsp3) is 0.644. The molecule has 4 N–H and O–H groups in total. The van der Waals surface area contributed by atoms with Gasteiger partial charge in [0.15, 0.2) is 50.1 Å². The number of imidazole rings is 4. The molecule has 0 radical (unpaired) electrons. The van der Waals surface area contributed by atoms with Gasteiger partial charge in [0.25, 0.3) is 0 Å². The molecule has 630 valence electrons. The number of halogens is 2. The normalized spacial score (nSPS) is 16.0. The van der Waals surface area contributed by atoms with E-state index in [1.54, 1.807) is 68.4 Å². The van der Waals surface area contributed by atoms with Gasteiger partial charge in [-0.3, -0.25) is 41.5 Å². The van der Waals surface area contributed by atoms with Gasteiger partial charge in [0.05, 0.1) is 44.8 Å². The Balaban J connectivity index is 0.000000152. The molecule has 36 nitrogen and oxygen atoms in total. The Hall–Kier alpha value is -7.85. The SMILES string of the molecule is COc1nc(-c2cnn3ccncc23)nc2c1n(COCC[Si](C)(C)C)c(=O)n2C1CCOCC1.COc1nc(Cl)nc2c1n(COCC[Si](C)(C)C)c(=O)n2C1CCOCC1.COc1nc(N)nc2c1n(COCC[Si](C)(C)C)c(=O)n2C1CCOCC1.C[Si](C)(C)CCOCn1c(=O)n(C2CCOCC2)c2nc(N)nc(Cl)c21. The van der Waals surface area contributed by atoms with Crippen LogP contribution in [0.3, 0.4) is 0 Å². The van der Waals surface area contributed by atoms with Crippen molar-refractivity contribution in [2.45, 2.75) is 205 Å². The zero-order valence-corrected chi connectivity index (χ0v) is 74.5. The predicted octanol–water partition coefficient (Wildman–Crippen LogP) is 10.2. The Bertz CT molecular complexity index is 5060. The van der Waals surface area contributed by atoms with Crippen molar-refractivity contribution >= 4 is 118 Å². The summed E-state index contributed by atoms with van der Waals surface area (Å²) >= 11 is 12.4. The van der Waals surface area contributed by atoms with Crippen LogP contribution in [0.5, 0.6) is 17.6 Å². The molecule has 0 bridgehead atoms. The van der Waals surface area contributed by atoms with Gasteiger partial charge in [-0.2, -0.15) is 40.0 Å². The number of nitrogens with zero attached hydrogens (tertiary/aromatic N) is 19. The van der Waals surface area contributed by atoms with Gasteiger partial charge in [-0.15, -0.1) is 0 Å². The minimum Gasteiger partial charge on any atom is -0.479 e. The Morgan fingerprint density at radius 2 is 0.739 bits per heavy atom. The monoisotopic (exact) mass is 1710 g/mol. The first-order chi connectivity index (χ1) is 54.8. The molecule has 0 spiro atoms. The maximum atomic E-state index is 13.7. The molecule has 42 heteroatoms. The summed E-state index contributed by atoms with van der Waals surface area (Å²) in [6, 6.07) is 4.09. The van der Waals surface area contributed by atoms with Crippen molar-refractivity contribution in [2.75, 3.05) is 112 Å². The summed E-state index contributed by atoms with van der Waals surface area (Å²) in [5.41, 5.74) is 16.4. The summed E-state index contributed by atoms with van der Waals surface area (Å²) < 4.78 is 76.4. The quantitative estimate of drug-likeness (QED) is 0.0199. The van der Waals surface area contributed by atoms with Crippen molar-refractivity contribution < 1.29 is 52.1 Å². The number of aromatic nitrogens is 19. The van der Waals surface area contributed by atoms with Gasteiger partial charge in [-0.1, -0.05) is 90.2 Å². The Labute approximate surface area is 680 Å². The topological polar surface area (TPSA) is 395 Å². The van der Waals surface area contributed by atoms with Crippen LogP contribution in [0.2, 0.25) is 113 Å². The van der Waals surface area contributed by atoms with E-state index in [0.717, 1.165) is 81.1 Å². The van der Waals surface area contributed by atoms with Crippen molar-refractivity contribution in [3.05, 3.63) is 77.2 Å². The van der Waals surface area contributed by atoms with Crippen molar-refractivity contribution in [3.8, 4) is 29.0 Å². The van der Waals surface area contributed by atoms with E-state index >= 15 is 0 Å². The molecular weight excluding hydrogens is 1590 g/mol. The van der Waals surface area contributed by atoms with Gasteiger partial charge >= 0.3 is 22.8 Å². The molecule has 4 fully saturated rings. The van der Waals surface area contributed by atoms with Gasteiger partial charge in [-0.05, 0) is 87.1 Å². The van der Waals surface area contributed by atoms with Crippen molar-refractivity contribution in [2.24, 2.45) is 0 Å². The van der Waals surface area contributed by atoms with Crippen LogP contribution in [-0.2, 0) is 64.8 Å². The highest BCUT2D eigenvalue weighted by Crippen LogP contribution is 2.35. The maximum Gasteiger partial charge on any atom is 0.332 e. The number of anilines is 2. The number of nitrogens with two attached hydrogens (primary N) is 2. The molecule has 0 amide bonds. The Kier molecular flexibility index (Phi) is 29.6. The van der Waals surface area contributed by atoms with Gasteiger partial charge < -0.3 is 63.6 Å². The summed E-state index contributed by atoms with van der Waals surface area (Å²) in [5.74, 6) is 1.45. The minimum absolute atomic E-state index is 0.00680. The molecule has 14 heterocycles. The lowest BCUT2D eigenvalue weighted by molar-refractivity contribution is 0.0667. The molecule has 10 aromatic heterocycles. The first kappa shape index (κ1) is 88.0. The number of hydrogen-bond donors (Lipinski definition) is 2. The molecule has 10 aromatic rings. The Morgan fingerprint density at radius 3 is 1.10 bits per heavy atom. The van der Waals surface area contributed by atoms with E-state index in [1.165, 1.54) is 18.8 Å². The molecule has 0 aromatic carbocycles. The fourth-order valence-corrected chi connectivity index (χ4v) is 17.3. The van der Waals surface area contributed by atoms with Crippen LogP contribution in [0.4, 0.5) is 11.9 Å². The summed E-state index contributed by atoms with van der Waals surface area (Å²) in [4.78, 5) is 92.3. The van der Waals surface area contributed by atoms with Crippen LogP contribution in [-0.4, -0.2) is 224 Å². The second kappa shape index (κ2) is 38.7. The third-order valence-corrected chi connectivity index (χ3v) is 27.6. The molecular formula is C73H113Cl2N21O15Si4. The number of rotatable bonds is 28. The summed E-state index contributed by atoms with van der Waals surface area (Å²) in [5, 5.41) is 4.61. The smallest absolute Gasteiger partial charge is 0.332 e. The third-order valence-electron chi connectivity index (χ3n) is 20.3. The van der Waals surface area contributed by atoms with Crippen LogP contribution < -0.4 is 48.4 Å². The first-order valence-corrected chi connectivity index (χ1v) is 54.8. The highest BCUT2D eigenvalue weighted by atomic mass is 35.5. The van der Waals surface area contributed by atoms with Gasteiger partial charge in [0, 0.05) is 148 Å². The highest BCUT2D eigenvalue weighted by Gasteiger charge is 2.33. The molecule has 0 unspecified atom stereocenters. The molecule has 4 aliphatic heterocycles. The summed E-state index contributed by atoms with van der Waals surface area (Å²) in [6.45, 7) is 35.4. The maximum absolute atomic E-state index is 13.7. The second-order valence-electron chi connectivity index (χ2n) is 33.8. The Morgan fingerprint density at radius 1 is 0.417 bits per heavy atom. The fourth-order valence-electron chi connectivity index (χ4n) is 13.8. The summed E-state index contributed by atoms with van der Waals surface area (Å²) in [7, 11) is -0.309. The lowest BCUT2D eigenvalue weighted by Crippen LogP contribution is -2.31. The zero-order valence-electron chi connectivity index (χ0n) is 68.9. The number of nitrogen functional groups attached to an aromatic ring is 2. The second-order valence-corrected chi connectivity index (χ2v) is 56.9. The van der Waals surface area contributed by atoms with E-state index in [9.17, 15) is 19.2 Å². The third kappa shape index (κ3) is 21.7. The number of fused-ring (bicyclic) bond motifs is 5. The van der Waals surface area contributed by atoms with E-state index in [4.69, 9.17) is 91.8 Å². The number of methoxy groups -OCH3 is 3. The largest absolute Gasteiger partial charge is 0.479 e. The van der Waals surface area contributed by atoms with E-state index in [0.29, 0.717) is 141 Å². The lowest BCUT2D eigenvalue weighted by Gasteiger charge is -2.23. The predicted molar refractivity (Wildman–Crippen MR) is 450 cm³/mol. The van der Waals surface area contributed by atoms with Gasteiger partial charge in [-0.25, -0.2) is 28.7 Å². The minimum atomic E-state index is -1.26. The van der Waals surface area contributed by atoms with Gasteiger partial charge in [0.1, 0.15) is 32.4 Å². The van der Waals surface area contributed by atoms with Crippen LogP contribution in [0.15, 0.2) is 44.0 Å². The van der Waals surface area contributed by atoms with Crippen LogP contribution in [0, 0.1) is 0 Å². The summed E-state index contributed by atoms with van der Waals surface area (Å²) in [6.07, 6.45) is 12.8. The average molecular weight is 1710 g/mol. The molecule has 14 rings (SSSR count). The van der Waals surface area contributed by atoms with Crippen LogP contribution >= 0.6 is 23.2 Å². The molecule has 4 aliphatic rings. The standard InChI is InChI=1S/C23H31N7O4Si.C17H27ClN4O4Si.C17H29N5O4Si.C16H26ClN5O3Si/c1-32-22-19-21(26-20(27-22)17-13-25-29-8-7-24-14-18(17)29)30(16-5-9-33-10-6-16)23(31)28(19)15-34-11-12-35(2,3)4;2*1-24-15-13-14(19-16(18)20-15)22(12-5-7-25-8-6-12)17(23)21(13)11-26-9-10-27(2,3)4;1-26(2,3)9-8-25-10-21-12-13(17)19-15(18)20-14(12)22(16(21)23)11-4-6-24-7-5-11/h7-8,13-14,16H,5-6,9-12,15H2,1-4H3;12H,5-11H2,1-4H3;12H,5-11H2,1-4H3,(H2,18,19,20);11H,4-10H2,1-3H3,(H2,18,19,20). The van der Waals surface area contributed by atoms with Crippen molar-refractivity contribution in [1.29, 1.82) is 0 Å². The van der Waals surface area contributed by atoms with Crippen LogP contribution in [0.1, 0.15) is 75.5 Å². The molecule has 0 atom stereocenters.